The number of thiazole rings is 1. The zero-order valence-corrected chi connectivity index (χ0v) is 11.8. The summed E-state index contributed by atoms with van der Waals surface area (Å²) in [6, 6.07) is 0.333. The van der Waals surface area contributed by atoms with Crippen molar-refractivity contribution in [3.63, 3.8) is 0 Å². The molecule has 102 valence electrons. The van der Waals surface area contributed by atoms with Crippen molar-refractivity contribution in [2.45, 2.75) is 31.5 Å². The molecule has 2 aromatic rings. The highest BCUT2D eigenvalue weighted by Gasteiger charge is 2.28. The number of nitrogens with one attached hydrogen (secondary N) is 1. The molecule has 0 radical (unpaired) electrons. The fourth-order valence-electron chi connectivity index (χ4n) is 2.47. The van der Waals surface area contributed by atoms with E-state index in [9.17, 15) is 0 Å². The lowest BCUT2D eigenvalue weighted by atomic mass is 9.98. The van der Waals surface area contributed by atoms with Crippen LogP contribution in [0.2, 0.25) is 0 Å². The van der Waals surface area contributed by atoms with Crippen LogP contribution in [0.15, 0.2) is 23.3 Å². The quantitative estimate of drug-likeness (QED) is 0.928. The van der Waals surface area contributed by atoms with Gasteiger partial charge in [-0.1, -0.05) is 0 Å². The lowest BCUT2D eigenvalue weighted by molar-refractivity contribution is -0.0113. The van der Waals surface area contributed by atoms with Gasteiger partial charge in [0.25, 0.3) is 0 Å². The van der Waals surface area contributed by atoms with Crippen LogP contribution in [0.4, 0.5) is 0 Å². The van der Waals surface area contributed by atoms with Gasteiger partial charge in [-0.15, -0.1) is 11.3 Å². The van der Waals surface area contributed by atoms with Crippen molar-refractivity contribution >= 4 is 11.3 Å². The highest BCUT2D eigenvalue weighted by atomic mass is 32.1. The molecule has 6 heteroatoms. The molecule has 2 atom stereocenters. The Morgan fingerprint density at radius 1 is 1.58 bits per heavy atom. The number of rotatable bonds is 4. The molecule has 0 bridgehead atoms. The number of hydrogen-bond donors (Lipinski definition) is 1. The molecular formula is C13H18N4OS. The number of aryl methyl sites for hydroxylation is 1. The van der Waals surface area contributed by atoms with E-state index in [4.69, 9.17) is 4.74 Å². The van der Waals surface area contributed by atoms with E-state index in [-0.39, 0.29) is 6.10 Å². The molecule has 3 rings (SSSR count). The average molecular weight is 278 g/mol. The highest BCUT2D eigenvalue weighted by Crippen LogP contribution is 2.28. The number of ether oxygens (including phenoxy) is 1. The summed E-state index contributed by atoms with van der Waals surface area (Å²) >= 11 is 1.63. The van der Waals surface area contributed by atoms with Gasteiger partial charge in [0.15, 0.2) is 0 Å². The van der Waals surface area contributed by atoms with Crippen LogP contribution in [-0.4, -0.2) is 27.4 Å². The first-order chi connectivity index (χ1) is 9.33. The van der Waals surface area contributed by atoms with E-state index < -0.39 is 0 Å². The Hall–Kier alpha value is -1.24. The summed E-state index contributed by atoms with van der Waals surface area (Å²) in [6.07, 6.45) is 6.26. The third-order valence-corrected chi connectivity index (χ3v) is 4.04. The van der Waals surface area contributed by atoms with E-state index in [2.05, 4.69) is 20.8 Å². The number of aromatic nitrogens is 3. The molecule has 0 spiro atoms. The van der Waals surface area contributed by atoms with Gasteiger partial charge in [-0.25, -0.2) is 4.98 Å². The monoisotopic (exact) mass is 278 g/mol. The Bertz CT molecular complexity index is 510. The second-order valence-corrected chi connectivity index (χ2v) is 5.57. The minimum Gasteiger partial charge on any atom is -0.372 e. The van der Waals surface area contributed by atoms with E-state index >= 15 is 0 Å². The number of nitrogens with zero attached hydrogens (tertiary/aromatic N) is 3. The van der Waals surface area contributed by atoms with Gasteiger partial charge in [0, 0.05) is 43.4 Å². The Balaban J connectivity index is 1.67. The summed E-state index contributed by atoms with van der Waals surface area (Å²) in [5, 5.41) is 9.88. The van der Waals surface area contributed by atoms with Crippen molar-refractivity contribution in [1.29, 1.82) is 0 Å². The second-order valence-electron chi connectivity index (χ2n) is 4.85. The smallest absolute Gasteiger partial charge is 0.101 e. The van der Waals surface area contributed by atoms with Gasteiger partial charge < -0.3 is 10.1 Å². The van der Waals surface area contributed by atoms with E-state index in [1.165, 1.54) is 0 Å². The van der Waals surface area contributed by atoms with Crippen LogP contribution in [0.5, 0.6) is 0 Å². The van der Waals surface area contributed by atoms with Crippen LogP contribution in [0.25, 0.3) is 0 Å². The fourth-order valence-corrected chi connectivity index (χ4v) is 3.02. The van der Waals surface area contributed by atoms with Crippen molar-refractivity contribution in [3.8, 4) is 0 Å². The first kappa shape index (κ1) is 12.8. The van der Waals surface area contributed by atoms with Gasteiger partial charge in [-0.3, -0.25) is 4.68 Å². The van der Waals surface area contributed by atoms with Crippen molar-refractivity contribution in [2.24, 2.45) is 7.05 Å². The maximum absolute atomic E-state index is 5.93. The largest absolute Gasteiger partial charge is 0.372 e. The lowest BCUT2D eigenvalue weighted by Gasteiger charge is -2.31. The molecule has 1 aliphatic rings. The predicted molar refractivity (Wildman–Crippen MR) is 73.9 cm³/mol. The van der Waals surface area contributed by atoms with Gasteiger partial charge in [0.05, 0.1) is 17.4 Å². The molecule has 1 saturated heterocycles. The summed E-state index contributed by atoms with van der Waals surface area (Å²) < 4.78 is 7.75. The van der Waals surface area contributed by atoms with Gasteiger partial charge in [-0.2, -0.15) is 5.10 Å². The maximum atomic E-state index is 5.93. The molecule has 1 N–H and O–H groups in total. The van der Waals surface area contributed by atoms with Crippen LogP contribution in [-0.2, 0) is 18.3 Å². The average Bonchev–Trinajstić information content (AvgIpc) is 3.08. The topological polar surface area (TPSA) is 52.0 Å². The molecule has 0 amide bonds. The van der Waals surface area contributed by atoms with Crippen LogP contribution in [0.3, 0.4) is 0 Å². The molecule has 2 aromatic heterocycles. The Labute approximate surface area is 116 Å². The molecule has 1 fully saturated rings. The lowest BCUT2D eigenvalue weighted by Crippen LogP contribution is -2.39. The third-order valence-electron chi connectivity index (χ3n) is 3.40. The molecular weight excluding hydrogens is 260 g/mol. The molecule has 0 aliphatic carbocycles. The van der Waals surface area contributed by atoms with Crippen molar-refractivity contribution in [1.82, 2.24) is 20.1 Å². The van der Waals surface area contributed by atoms with Crippen LogP contribution in [0, 0.1) is 0 Å². The van der Waals surface area contributed by atoms with Crippen molar-refractivity contribution in [2.75, 3.05) is 6.61 Å². The first-order valence-electron chi connectivity index (χ1n) is 6.53. The summed E-state index contributed by atoms with van der Waals surface area (Å²) in [5.41, 5.74) is 4.12. The van der Waals surface area contributed by atoms with Crippen LogP contribution >= 0.6 is 11.3 Å². The van der Waals surface area contributed by atoms with Gasteiger partial charge in [0.1, 0.15) is 6.10 Å². The highest BCUT2D eigenvalue weighted by molar-refractivity contribution is 7.07. The minimum absolute atomic E-state index is 0.0982. The maximum Gasteiger partial charge on any atom is 0.101 e. The van der Waals surface area contributed by atoms with Crippen molar-refractivity contribution < 1.29 is 4.74 Å². The number of hydrogen-bond acceptors (Lipinski definition) is 5. The molecule has 0 saturated carbocycles. The zero-order valence-electron chi connectivity index (χ0n) is 11.0. The molecule has 3 heterocycles. The summed E-state index contributed by atoms with van der Waals surface area (Å²) in [5.74, 6) is 0. The van der Waals surface area contributed by atoms with E-state index in [0.717, 1.165) is 37.3 Å². The van der Waals surface area contributed by atoms with Gasteiger partial charge in [0.2, 0.25) is 0 Å². The molecule has 0 unspecified atom stereocenters. The van der Waals surface area contributed by atoms with Gasteiger partial charge >= 0.3 is 0 Å². The van der Waals surface area contributed by atoms with Crippen LogP contribution < -0.4 is 5.32 Å². The minimum atomic E-state index is 0.0982. The molecule has 0 aromatic carbocycles. The normalized spacial score (nSPS) is 23.6. The molecule has 1 aliphatic heterocycles. The molecule has 5 nitrogen and oxygen atoms in total. The third kappa shape index (κ3) is 3.02. The second kappa shape index (κ2) is 5.81. The fraction of sp³-hybridized carbons (Fsp3) is 0.538. The Morgan fingerprint density at radius 2 is 2.53 bits per heavy atom. The van der Waals surface area contributed by atoms with E-state index in [1.807, 2.05) is 29.6 Å². The van der Waals surface area contributed by atoms with Gasteiger partial charge in [-0.05, 0) is 12.8 Å². The predicted octanol–water partition coefficient (Wildman–Crippen LogP) is 1.89. The standard InChI is InChI=1S/C13H18N4OS/c1-17-7-10(5-16-17)13-12(3-2-4-18-13)14-6-11-8-19-9-15-11/h5,7-9,12-14H,2-4,6H2,1H3/t12-,13+/m0/s1. The van der Waals surface area contributed by atoms with E-state index in [0.29, 0.717) is 6.04 Å². The summed E-state index contributed by atoms with van der Waals surface area (Å²) in [7, 11) is 1.93. The van der Waals surface area contributed by atoms with E-state index in [1.54, 1.807) is 11.3 Å². The zero-order chi connectivity index (χ0) is 13.1. The Kier molecular flexibility index (Phi) is 3.91. The van der Waals surface area contributed by atoms with Crippen LogP contribution in [0.1, 0.15) is 30.2 Å². The summed E-state index contributed by atoms with van der Waals surface area (Å²) in [6.45, 7) is 1.63. The first-order valence-corrected chi connectivity index (χ1v) is 7.48. The Morgan fingerprint density at radius 3 is 3.26 bits per heavy atom. The summed E-state index contributed by atoms with van der Waals surface area (Å²) in [4.78, 5) is 4.30. The SMILES string of the molecule is Cn1cc([C@H]2OCCC[C@@H]2NCc2cscn2)cn1. The van der Waals surface area contributed by atoms with Crippen molar-refractivity contribution in [3.05, 3.63) is 34.5 Å². The molecule has 19 heavy (non-hydrogen) atoms.